The molecule has 5 heteroatoms. The Morgan fingerprint density at radius 2 is 1.47 bits per heavy atom. The van der Waals surface area contributed by atoms with Gasteiger partial charge in [-0.3, -0.25) is 9.59 Å². The number of hydrogen-bond donors (Lipinski definition) is 0. The summed E-state index contributed by atoms with van der Waals surface area (Å²) in [5, 5.41) is 0. The molecule has 0 bridgehead atoms. The van der Waals surface area contributed by atoms with Crippen LogP contribution in [-0.4, -0.2) is 18.4 Å². The number of ether oxygens (including phenoxy) is 3. The van der Waals surface area contributed by atoms with Crippen LogP contribution in [0.4, 0.5) is 0 Å². The molecule has 0 N–H and O–H groups in total. The summed E-state index contributed by atoms with van der Waals surface area (Å²) in [4.78, 5) is 25.0. The zero-order chi connectivity index (χ0) is 23.8. The molecule has 1 aliphatic rings. The molecular weight excluding hydrogens is 428 g/mol. The summed E-state index contributed by atoms with van der Waals surface area (Å²) in [6, 6.07) is 23.6. The van der Waals surface area contributed by atoms with Gasteiger partial charge in [0.1, 0.15) is 13.2 Å². The van der Waals surface area contributed by atoms with Crippen molar-refractivity contribution in [2.24, 2.45) is 5.92 Å². The van der Waals surface area contributed by atoms with Crippen LogP contribution >= 0.6 is 0 Å². The van der Waals surface area contributed by atoms with Crippen molar-refractivity contribution in [3.05, 3.63) is 95.1 Å². The van der Waals surface area contributed by atoms with Crippen molar-refractivity contribution < 1.29 is 23.8 Å². The minimum Gasteiger partial charge on any atom is -0.485 e. The van der Waals surface area contributed by atoms with Crippen molar-refractivity contribution >= 4 is 11.8 Å². The van der Waals surface area contributed by atoms with E-state index in [9.17, 15) is 9.59 Å². The number of Topliss-reactive ketones (excluding diaryl/α,β-unsaturated/α-hetero) is 1. The van der Waals surface area contributed by atoms with E-state index in [1.54, 1.807) is 6.07 Å². The van der Waals surface area contributed by atoms with Gasteiger partial charge in [-0.1, -0.05) is 67.6 Å². The van der Waals surface area contributed by atoms with Crippen molar-refractivity contribution in [1.29, 1.82) is 0 Å². The lowest BCUT2D eigenvalue weighted by Gasteiger charge is -2.15. The summed E-state index contributed by atoms with van der Waals surface area (Å²) in [6.07, 6.45) is 2.11. The summed E-state index contributed by atoms with van der Waals surface area (Å²) in [5.41, 5.74) is 3.68. The van der Waals surface area contributed by atoms with Gasteiger partial charge >= 0.3 is 5.97 Å². The van der Waals surface area contributed by atoms with E-state index in [2.05, 4.69) is 0 Å². The van der Waals surface area contributed by atoms with E-state index in [4.69, 9.17) is 14.2 Å². The molecule has 4 rings (SSSR count). The smallest absolute Gasteiger partial charge is 0.305 e. The van der Waals surface area contributed by atoms with Crippen LogP contribution in [0.15, 0.2) is 72.8 Å². The third-order valence-electron chi connectivity index (χ3n) is 5.91. The maximum Gasteiger partial charge on any atom is 0.305 e. The van der Waals surface area contributed by atoms with Crippen LogP contribution in [0.3, 0.4) is 0 Å². The molecule has 1 atom stereocenters. The maximum atomic E-state index is 13.1. The lowest BCUT2D eigenvalue weighted by atomic mass is 9.99. The van der Waals surface area contributed by atoms with Gasteiger partial charge in [-0.15, -0.1) is 0 Å². The highest BCUT2D eigenvalue weighted by atomic mass is 16.5. The fourth-order valence-electron chi connectivity index (χ4n) is 4.09. The zero-order valence-electron chi connectivity index (χ0n) is 19.5. The molecule has 0 fully saturated rings. The SMILES string of the molecule is CCCOC(=O)CCC1Cc2cc(OCc3ccccc3)c(OCc3ccccc3)cc2C1=O. The second-order valence-electron chi connectivity index (χ2n) is 8.53. The number of benzene rings is 3. The number of carbonyl (C=O) groups is 2. The summed E-state index contributed by atoms with van der Waals surface area (Å²) in [7, 11) is 0. The van der Waals surface area contributed by atoms with Gasteiger partial charge in [0.2, 0.25) is 0 Å². The highest BCUT2D eigenvalue weighted by Gasteiger charge is 2.32. The average molecular weight is 459 g/mol. The van der Waals surface area contributed by atoms with Gasteiger partial charge in [-0.05, 0) is 48.1 Å². The van der Waals surface area contributed by atoms with Gasteiger partial charge in [-0.25, -0.2) is 0 Å². The first-order valence-corrected chi connectivity index (χ1v) is 11.8. The largest absolute Gasteiger partial charge is 0.485 e. The van der Waals surface area contributed by atoms with Gasteiger partial charge in [0.15, 0.2) is 17.3 Å². The number of carbonyl (C=O) groups excluding carboxylic acids is 2. The molecule has 0 heterocycles. The molecule has 0 saturated carbocycles. The molecule has 0 aliphatic heterocycles. The fraction of sp³-hybridized carbons (Fsp3) is 0.310. The monoisotopic (exact) mass is 458 g/mol. The Kier molecular flexibility index (Phi) is 7.97. The first-order chi connectivity index (χ1) is 16.6. The third kappa shape index (κ3) is 6.04. The number of hydrogen-bond acceptors (Lipinski definition) is 5. The van der Waals surface area contributed by atoms with Gasteiger partial charge in [0, 0.05) is 17.9 Å². The Hall–Kier alpha value is -3.60. The lowest BCUT2D eigenvalue weighted by Crippen LogP contribution is -2.13. The van der Waals surface area contributed by atoms with Gasteiger partial charge in [-0.2, -0.15) is 0 Å². The standard InChI is InChI=1S/C29H30O5/c1-2-15-32-28(30)14-13-23-16-24-17-26(33-19-21-9-5-3-6-10-21)27(18-25(24)29(23)31)34-20-22-11-7-4-8-12-22/h3-12,17-18,23H,2,13-16,19-20H2,1H3. The molecular formula is C29H30O5. The molecule has 0 saturated heterocycles. The highest BCUT2D eigenvalue weighted by Crippen LogP contribution is 2.39. The van der Waals surface area contributed by atoms with Crippen molar-refractivity contribution in [2.75, 3.05) is 6.61 Å². The molecule has 3 aromatic carbocycles. The second-order valence-corrected chi connectivity index (χ2v) is 8.53. The van der Waals surface area contributed by atoms with Crippen molar-refractivity contribution in [3.63, 3.8) is 0 Å². The van der Waals surface area contributed by atoms with Crippen molar-refractivity contribution in [3.8, 4) is 11.5 Å². The second kappa shape index (κ2) is 11.5. The molecule has 0 aromatic heterocycles. The first kappa shape index (κ1) is 23.6. The van der Waals surface area contributed by atoms with E-state index in [-0.39, 0.29) is 24.1 Å². The Balaban J connectivity index is 1.50. The van der Waals surface area contributed by atoms with Crippen LogP contribution in [-0.2, 0) is 29.2 Å². The predicted octanol–water partition coefficient (Wildman–Crippen LogP) is 5.93. The number of rotatable bonds is 11. The van der Waals surface area contributed by atoms with Gasteiger partial charge in [0.25, 0.3) is 0 Å². The van der Waals surface area contributed by atoms with E-state index >= 15 is 0 Å². The number of fused-ring (bicyclic) bond motifs is 1. The van der Waals surface area contributed by atoms with Crippen LogP contribution in [0.2, 0.25) is 0 Å². The summed E-state index contributed by atoms with van der Waals surface area (Å²) < 4.78 is 17.4. The summed E-state index contributed by atoms with van der Waals surface area (Å²) in [6.45, 7) is 3.16. The van der Waals surface area contributed by atoms with Crippen molar-refractivity contribution in [1.82, 2.24) is 0 Å². The topological polar surface area (TPSA) is 61.8 Å². The Morgan fingerprint density at radius 1 is 0.882 bits per heavy atom. The van der Waals surface area contributed by atoms with Crippen LogP contribution in [0.25, 0.3) is 0 Å². The van der Waals surface area contributed by atoms with E-state index < -0.39 is 0 Å². The highest BCUT2D eigenvalue weighted by molar-refractivity contribution is 6.03. The molecule has 0 spiro atoms. The predicted molar refractivity (Wildman–Crippen MR) is 130 cm³/mol. The van der Waals surface area contributed by atoms with Gasteiger partial charge < -0.3 is 14.2 Å². The van der Waals surface area contributed by atoms with E-state index in [0.29, 0.717) is 49.7 Å². The molecule has 1 aliphatic carbocycles. The maximum absolute atomic E-state index is 13.1. The first-order valence-electron chi connectivity index (χ1n) is 11.8. The number of esters is 1. The quantitative estimate of drug-likeness (QED) is 0.333. The van der Waals surface area contributed by atoms with Gasteiger partial charge in [0.05, 0.1) is 6.61 Å². The van der Waals surface area contributed by atoms with Crippen LogP contribution in [0.5, 0.6) is 11.5 Å². The van der Waals surface area contributed by atoms with E-state index in [0.717, 1.165) is 23.1 Å². The summed E-state index contributed by atoms with van der Waals surface area (Å²) in [5.74, 6) is 0.751. The van der Waals surface area contributed by atoms with Crippen molar-refractivity contribution in [2.45, 2.75) is 45.8 Å². The normalized spacial score (nSPS) is 14.5. The van der Waals surface area contributed by atoms with Crippen LogP contribution in [0.1, 0.15) is 53.2 Å². The lowest BCUT2D eigenvalue weighted by molar-refractivity contribution is -0.143. The Morgan fingerprint density at radius 3 is 2.06 bits per heavy atom. The fourth-order valence-corrected chi connectivity index (χ4v) is 4.09. The third-order valence-corrected chi connectivity index (χ3v) is 5.91. The molecule has 3 aromatic rings. The van der Waals surface area contributed by atoms with E-state index in [1.807, 2.05) is 73.7 Å². The molecule has 1 unspecified atom stereocenters. The summed E-state index contributed by atoms with van der Waals surface area (Å²) >= 11 is 0. The Labute approximate surface area is 200 Å². The minimum absolute atomic E-state index is 0.0532. The molecule has 176 valence electrons. The molecule has 0 radical (unpaired) electrons. The van der Waals surface area contributed by atoms with Crippen LogP contribution < -0.4 is 9.47 Å². The minimum atomic E-state index is -0.246. The Bertz CT molecular complexity index is 1110. The average Bonchev–Trinajstić information content (AvgIpc) is 3.18. The van der Waals surface area contributed by atoms with E-state index in [1.165, 1.54) is 0 Å². The molecule has 34 heavy (non-hydrogen) atoms. The zero-order valence-corrected chi connectivity index (χ0v) is 19.5. The number of ketones is 1. The molecule has 0 amide bonds. The molecule has 5 nitrogen and oxygen atoms in total. The van der Waals surface area contributed by atoms with Crippen LogP contribution in [0, 0.1) is 5.92 Å².